The van der Waals surface area contributed by atoms with Gasteiger partial charge in [0.25, 0.3) is 0 Å². The molecule has 2 atom stereocenters. The van der Waals surface area contributed by atoms with E-state index in [2.05, 4.69) is 30.1 Å². The summed E-state index contributed by atoms with van der Waals surface area (Å²) in [6.07, 6.45) is 2.26. The Labute approximate surface area is 109 Å². The summed E-state index contributed by atoms with van der Waals surface area (Å²) in [6, 6.07) is 6.77. The van der Waals surface area contributed by atoms with Gasteiger partial charge in [-0.05, 0) is 55.6 Å². The normalized spacial score (nSPS) is 27.9. The van der Waals surface area contributed by atoms with E-state index in [0.717, 1.165) is 31.9 Å². The topological polar surface area (TPSA) is 38.5 Å². The predicted molar refractivity (Wildman–Crippen MR) is 73.0 cm³/mol. The molecule has 1 fully saturated rings. The van der Waals surface area contributed by atoms with Gasteiger partial charge in [-0.15, -0.1) is 0 Å². The molecule has 0 aromatic heterocycles. The Balaban J connectivity index is 1.85. The van der Waals surface area contributed by atoms with Crippen molar-refractivity contribution in [2.75, 3.05) is 33.3 Å². The molecule has 18 heavy (non-hydrogen) atoms. The van der Waals surface area contributed by atoms with Crippen LogP contribution in [0.2, 0.25) is 0 Å². The van der Waals surface area contributed by atoms with Crippen molar-refractivity contribution in [3.05, 3.63) is 29.3 Å². The summed E-state index contributed by atoms with van der Waals surface area (Å²) < 4.78 is 5.68. The van der Waals surface area contributed by atoms with Crippen LogP contribution >= 0.6 is 0 Å². The summed E-state index contributed by atoms with van der Waals surface area (Å²) in [5.41, 5.74) is 8.72. The number of likely N-dealkylation sites (tertiary alicyclic amines) is 1. The number of benzene rings is 1. The maximum atomic E-state index is 5.95. The second kappa shape index (κ2) is 4.90. The molecular formula is C15H22N2O. The Morgan fingerprint density at radius 1 is 1.44 bits per heavy atom. The highest BCUT2D eigenvalue weighted by Gasteiger charge is 2.28. The van der Waals surface area contributed by atoms with Crippen LogP contribution in [0, 0.1) is 5.92 Å². The second-order valence-corrected chi connectivity index (χ2v) is 5.62. The summed E-state index contributed by atoms with van der Waals surface area (Å²) >= 11 is 0. The van der Waals surface area contributed by atoms with Gasteiger partial charge in [-0.3, -0.25) is 0 Å². The SMILES string of the molecule is CN1CCC(c2ccc3c(c2)OCC3)C(CN)C1. The lowest BCUT2D eigenvalue weighted by Crippen LogP contribution is -2.40. The Morgan fingerprint density at radius 2 is 2.33 bits per heavy atom. The maximum absolute atomic E-state index is 5.95. The quantitative estimate of drug-likeness (QED) is 0.861. The van der Waals surface area contributed by atoms with E-state index in [9.17, 15) is 0 Å². The summed E-state index contributed by atoms with van der Waals surface area (Å²) in [4.78, 5) is 2.39. The minimum absolute atomic E-state index is 0.572. The lowest BCUT2D eigenvalue weighted by Gasteiger charge is -2.36. The van der Waals surface area contributed by atoms with Crippen molar-refractivity contribution in [3.63, 3.8) is 0 Å². The molecule has 0 saturated carbocycles. The molecule has 0 radical (unpaired) electrons. The van der Waals surface area contributed by atoms with Gasteiger partial charge in [0.05, 0.1) is 6.61 Å². The lowest BCUT2D eigenvalue weighted by molar-refractivity contribution is 0.188. The largest absolute Gasteiger partial charge is 0.493 e. The van der Waals surface area contributed by atoms with E-state index in [1.54, 1.807) is 0 Å². The molecule has 0 bridgehead atoms. The van der Waals surface area contributed by atoms with Gasteiger partial charge in [-0.2, -0.15) is 0 Å². The van der Waals surface area contributed by atoms with Crippen LogP contribution in [-0.4, -0.2) is 38.2 Å². The highest BCUT2D eigenvalue weighted by atomic mass is 16.5. The zero-order valence-electron chi connectivity index (χ0n) is 11.1. The van der Waals surface area contributed by atoms with Crippen LogP contribution in [0.4, 0.5) is 0 Å². The van der Waals surface area contributed by atoms with Crippen molar-refractivity contribution in [1.29, 1.82) is 0 Å². The molecule has 3 heteroatoms. The van der Waals surface area contributed by atoms with Crippen LogP contribution in [0.5, 0.6) is 5.75 Å². The number of fused-ring (bicyclic) bond motifs is 1. The summed E-state index contributed by atoms with van der Waals surface area (Å²) in [7, 11) is 2.19. The molecule has 98 valence electrons. The van der Waals surface area contributed by atoms with Crippen molar-refractivity contribution in [3.8, 4) is 5.75 Å². The molecule has 2 aliphatic heterocycles. The van der Waals surface area contributed by atoms with Gasteiger partial charge in [0.1, 0.15) is 5.75 Å². The number of hydrogen-bond acceptors (Lipinski definition) is 3. The molecule has 0 aliphatic carbocycles. The second-order valence-electron chi connectivity index (χ2n) is 5.62. The Bertz CT molecular complexity index is 433. The molecule has 3 nitrogen and oxygen atoms in total. The number of ether oxygens (including phenoxy) is 1. The van der Waals surface area contributed by atoms with Gasteiger partial charge < -0.3 is 15.4 Å². The van der Waals surface area contributed by atoms with Gasteiger partial charge in [0.15, 0.2) is 0 Å². The molecule has 1 aromatic rings. The standard InChI is InChI=1S/C15H22N2O/c1-17-6-4-14(13(9-16)10-17)12-3-2-11-5-7-18-15(11)8-12/h2-3,8,13-14H,4-7,9-10,16H2,1H3. The predicted octanol–water partition coefficient (Wildman–Crippen LogP) is 1.62. The lowest BCUT2D eigenvalue weighted by atomic mass is 9.80. The van der Waals surface area contributed by atoms with Crippen molar-refractivity contribution in [1.82, 2.24) is 4.90 Å². The number of rotatable bonds is 2. The molecular weight excluding hydrogens is 224 g/mol. The molecule has 1 saturated heterocycles. The number of nitrogens with zero attached hydrogens (tertiary/aromatic N) is 1. The molecule has 2 N–H and O–H groups in total. The zero-order valence-corrected chi connectivity index (χ0v) is 11.1. The van der Waals surface area contributed by atoms with Gasteiger partial charge in [-0.25, -0.2) is 0 Å². The summed E-state index contributed by atoms with van der Waals surface area (Å²) in [5.74, 6) is 2.27. The van der Waals surface area contributed by atoms with Gasteiger partial charge in [0, 0.05) is 13.0 Å². The number of hydrogen-bond donors (Lipinski definition) is 1. The first-order valence-electron chi connectivity index (χ1n) is 6.92. The van der Waals surface area contributed by atoms with Crippen molar-refractivity contribution in [2.45, 2.75) is 18.8 Å². The molecule has 3 rings (SSSR count). The van der Waals surface area contributed by atoms with Crippen molar-refractivity contribution < 1.29 is 4.74 Å². The van der Waals surface area contributed by atoms with E-state index in [1.165, 1.54) is 24.1 Å². The maximum Gasteiger partial charge on any atom is 0.122 e. The first-order valence-corrected chi connectivity index (χ1v) is 6.92. The van der Waals surface area contributed by atoms with Gasteiger partial charge in [-0.1, -0.05) is 12.1 Å². The Hall–Kier alpha value is -1.06. The first kappa shape index (κ1) is 12.0. The van der Waals surface area contributed by atoms with Crippen molar-refractivity contribution >= 4 is 0 Å². The van der Waals surface area contributed by atoms with E-state index < -0.39 is 0 Å². The third-order valence-electron chi connectivity index (χ3n) is 4.39. The average molecular weight is 246 g/mol. The molecule has 2 aliphatic rings. The fourth-order valence-corrected chi connectivity index (χ4v) is 3.31. The molecule has 2 heterocycles. The monoisotopic (exact) mass is 246 g/mol. The van der Waals surface area contributed by atoms with E-state index in [0.29, 0.717) is 11.8 Å². The minimum Gasteiger partial charge on any atom is -0.493 e. The first-order chi connectivity index (χ1) is 8.78. The third-order valence-corrected chi connectivity index (χ3v) is 4.39. The van der Waals surface area contributed by atoms with Crippen LogP contribution in [0.25, 0.3) is 0 Å². The van der Waals surface area contributed by atoms with Crippen LogP contribution in [0.3, 0.4) is 0 Å². The Kier molecular flexibility index (Phi) is 3.27. The molecule has 0 spiro atoms. The molecule has 1 aromatic carbocycles. The van der Waals surface area contributed by atoms with Crippen molar-refractivity contribution in [2.24, 2.45) is 11.7 Å². The summed E-state index contributed by atoms with van der Waals surface area (Å²) in [6.45, 7) is 3.89. The Morgan fingerprint density at radius 3 is 3.17 bits per heavy atom. The zero-order chi connectivity index (χ0) is 12.5. The highest BCUT2D eigenvalue weighted by Crippen LogP contribution is 2.36. The van der Waals surface area contributed by atoms with E-state index in [4.69, 9.17) is 10.5 Å². The van der Waals surface area contributed by atoms with Crippen LogP contribution in [0.1, 0.15) is 23.5 Å². The molecule has 2 unspecified atom stereocenters. The van der Waals surface area contributed by atoms with Crippen LogP contribution in [0.15, 0.2) is 18.2 Å². The van der Waals surface area contributed by atoms with Crippen LogP contribution in [-0.2, 0) is 6.42 Å². The highest BCUT2D eigenvalue weighted by molar-refractivity contribution is 5.41. The fourth-order valence-electron chi connectivity index (χ4n) is 3.31. The minimum atomic E-state index is 0.572. The van der Waals surface area contributed by atoms with E-state index >= 15 is 0 Å². The molecule has 0 amide bonds. The van der Waals surface area contributed by atoms with E-state index in [-0.39, 0.29) is 0 Å². The smallest absolute Gasteiger partial charge is 0.122 e. The summed E-state index contributed by atoms with van der Waals surface area (Å²) in [5, 5.41) is 0. The third kappa shape index (κ3) is 2.13. The van der Waals surface area contributed by atoms with Crippen LogP contribution < -0.4 is 10.5 Å². The average Bonchev–Trinajstić information content (AvgIpc) is 2.85. The van der Waals surface area contributed by atoms with E-state index in [1.807, 2.05) is 0 Å². The van der Waals surface area contributed by atoms with Gasteiger partial charge >= 0.3 is 0 Å². The fraction of sp³-hybridized carbons (Fsp3) is 0.600. The number of piperidine rings is 1. The van der Waals surface area contributed by atoms with Gasteiger partial charge in [0.2, 0.25) is 0 Å². The number of nitrogens with two attached hydrogens (primary N) is 1.